The van der Waals surface area contributed by atoms with Crippen LogP contribution in [-0.2, 0) is 11.3 Å². The fraction of sp³-hybridized carbons (Fsp3) is 0.263. The molecule has 4 heterocycles. The quantitative estimate of drug-likeness (QED) is 0.733. The van der Waals surface area contributed by atoms with Gasteiger partial charge in [-0.1, -0.05) is 6.07 Å². The van der Waals surface area contributed by atoms with Gasteiger partial charge in [0.2, 0.25) is 0 Å². The molecular weight excluding hydrogens is 366 g/mol. The molecule has 5 nitrogen and oxygen atoms in total. The number of anilines is 1. The number of carbonyl (C=O) groups is 1. The SMILES string of the molecule is O=C(NCc1ccc(-c2cccs2)s1)c1ccc(N2CCOCC2)[nH+]c1. The van der Waals surface area contributed by atoms with E-state index in [2.05, 4.69) is 44.8 Å². The Morgan fingerprint density at radius 3 is 2.77 bits per heavy atom. The first-order valence-corrected chi connectivity index (χ1v) is 10.2. The summed E-state index contributed by atoms with van der Waals surface area (Å²) < 4.78 is 5.36. The van der Waals surface area contributed by atoms with Crippen LogP contribution in [0.2, 0.25) is 0 Å². The van der Waals surface area contributed by atoms with E-state index >= 15 is 0 Å². The first-order chi connectivity index (χ1) is 12.8. The smallest absolute Gasteiger partial charge is 0.274 e. The van der Waals surface area contributed by atoms with Crippen LogP contribution in [0.15, 0.2) is 48.0 Å². The van der Waals surface area contributed by atoms with Gasteiger partial charge in [0.1, 0.15) is 19.3 Å². The summed E-state index contributed by atoms with van der Waals surface area (Å²) in [5.74, 6) is 0.949. The molecule has 0 spiro atoms. The minimum absolute atomic E-state index is 0.0687. The summed E-state index contributed by atoms with van der Waals surface area (Å²) in [6, 6.07) is 12.2. The van der Waals surface area contributed by atoms with Gasteiger partial charge in [0.15, 0.2) is 0 Å². The third-order valence-corrected chi connectivity index (χ3v) is 6.41. The standard InChI is InChI=1S/C19H19N3O2S2/c23-19(14-3-6-18(20-12-14)22-7-9-24-10-8-22)21-13-15-4-5-17(26-15)16-2-1-11-25-16/h1-6,11-12H,7-10,13H2,(H,21,23)/p+1. The summed E-state index contributed by atoms with van der Waals surface area (Å²) in [6.45, 7) is 3.76. The number of morpholine rings is 1. The summed E-state index contributed by atoms with van der Waals surface area (Å²) in [4.78, 5) is 21.5. The van der Waals surface area contributed by atoms with Crippen LogP contribution in [0.25, 0.3) is 9.75 Å². The number of rotatable bonds is 5. The van der Waals surface area contributed by atoms with E-state index in [-0.39, 0.29) is 5.91 Å². The summed E-state index contributed by atoms with van der Waals surface area (Å²) in [6.07, 6.45) is 1.77. The van der Waals surface area contributed by atoms with Gasteiger partial charge in [-0.15, -0.1) is 22.7 Å². The molecule has 1 amide bonds. The Bertz CT molecular complexity index is 853. The second-order valence-corrected chi connectivity index (χ2v) is 8.10. The fourth-order valence-corrected chi connectivity index (χ4v) is 4.63. The molecule has 0 saturated carbocycles. The third kappa shape index (κ3) is 3.95. The zero-order valence-electron chi connectivity index (χ0n) is 14.2. The second-order valence-electron chi connectivity index (χ2n) is 5.99. The highest BCUT2D eigenvalue weighted by molar-refractivity contribution is 7.21. The number of ether oxygens (including phenoxy) is 1. The van der Waals surface area contributed by atoms with Crippen LogP contribution < -0.4 is 15.2 Å². The van der Waals surface area contributed by atoms with Crippen molar-refractivity contribution in [3.8, 4) is 9.75 Å². The van der Waals surface area contributed by atoms with E-state index in [0.29, 0.717) is 12.1 Å². The molecule has 0 bridgehead atoms. The molecule has 26 heavy (non-hydrogen) atoms. The number of pyridine rings is 1. The van der Waals surface area contributed by atoms with Gasteiger partial charge in [0, 0.05) is 20.7 Å². The number of amides is 1. The Kier molecular flexibility index (Phi) is 5.29. The van der Waals surface area contributed by atoms with Crippen molar-refractivity contribution in [3.63, 3.8) is 0 Å². The molecule has 7 heteroatoms. The summed E-state index contributed by atoms with van der Waals surface area (Å²) >= 11 is 3.45. The van der Waals surface area contributed by atoms with Crippen molar-refractivity contribution >= 4 is 34.4 Å². The van der Waals surface area contributed by atoms with Gasteiger partial charge in [-0.25, -0.2) is 4.98 Å². The maximum Gasteiger partial charge on any atom is 0.274 e. The van der Waals surface area contributed by atoms with Gasteiger partial charge in [0.25, 0.3) is 11.7 Å². The van der Waals surface area contributed by atoms with Crippen LogP contribution >= 0.6 is 22.7 Å². The summed E-state index contributed by atoms with van der Waals surface area (Å²) in [7, 11) is 0. The van der Waals surface area contributed by atoms with Crippen molar-refractivity contribution in [3.05, 3.63) is 58.4 Å². The number of hydrogen-bond donors (Lipinski definition) is 1. The summed E-state index contributed by atoms with van der Waals surface area (Å²) in [5.41, 5.74) is 0.636. The van der Waals surface area contributed by atoms with E-state index in [0.717, 1.165) is 37.0 Å². The molecule has 4 rings (SSSR count). The van der Waals surface area contributed by atoms with Crippen molar-refractivity contribution < 1.29 is 14.5 Å². The predicted molar refractivity (Wildman–Crippen MR) is 105 cm³/mol. The largest absolute Gasteiger partial charge is 0.373 e. The van der Waals surface area contributed by atoms with Crippen LogP contribution in [-0.4, -0.2) is 32.2 Å². The van der Waals surface area contributed by atoms with Crippen LogP contribution in [0.5, 0.6) is 0 Å². The first kappa shape index (κ1) is 17.2. The van der Waals surface area contributed by atoms with Crippen molar-refractivity contribution in [2.45, 2.75) is 6.54 Å². The molecule has 3 aromatic heterocycles. The molecule has 0 unspecified atom stereocenters. The van der Waals surface area contributed by atoms with E-state index in [1.54, 1.807) is 28.9 Å². The molecule has 134 valence electrons. The predicted octanol–water partition coefficient (Wildman–Crippen LogP) is 3.06. The maximum atomic E-state index is 12.4. The molecule has 0 aliphatic carbocycles. The van der Waals surface area contributed by atoms with E-state index < -0.39 is 0 Å². The fourth-order valence-electron chi connectivity index (χ4n) is 2.85. The minimum atomic E-state index is -0.0687. The zero-order valence-corrected chi connectivity index (χ0v) is 15.9. The van der Waals surface area contributed by atoms with Gasteiger partial charge in [0.05, 0.1) is 25.3 Å². The maximum absolute atomic E-state index is 12.4. The highest BCUT2D eigenvalue weighted by Crippen LogP contribution is 2.31. The normalized spacial score (nSPS) is 14.4. The minimum Gasteiger partial charge on any atom is -0.373 e. The second kappa shape index (κ2) is 7.99. The van der Waals surface area contributed by atoms with E-state index in [4.69, 9.17) is 4.74 Å². The Morgan fingerprint density at radius 2 is 2.04 bits per heavy atom. The van der Waals surface area contributed by atoms with Crippen molar-refractivity contribution in [1.82, 2.24) is 5.32 Å². The molecule has 1 aliphatic rings. The van der Waals surface area contributed by atoms with Crippen molar-refractivity contribution in [2.24, 2.45) is 0 Å². The Balaban J connectivity index is 1.34. The highest BCUT2D eigenvalue weighted by Gasteiger charge is 2.19. The number of nitrogens with one attached hydrogen (secondary N) is 2. The van der Waals surface area contributed by atoms with E-state index in [1.807, 2.05) is 12.1 Å². The molecule has 1 aliphatic heterocycles. The number of carbonyl (C=O) groups excluding carboxylic acids is 1. The van der Waals surface area contributed by atoms with E-state index in [1.165, 1.54) is 9.75 Å². The van der Waals surface area contributed by atoms with Crippen LogP contribution in [0.4, 0.5) is 5.82 Å². The van der Waals surface area contributed by atoms with Gasteiger partial charge < -0.3 is 10.1 Å². The molecule has 0 radical (unpaired) electrons. The van der Waals surface area contributed by atoms with E-state index in [9.17, 15) is 4.79 Å². The third-order valence-electron chi connectivity index (χ3n) is 4.26. The molecule has 3 aromatic rings. The first-order valence-electron chi connectivity index (χ1n) is 8.55. The number of H-pyrrole nitrogens is 1. The van der Waals surface area contributed by atoms with Gasteiger partial charge in [-0.05, 0) is 29.6 Å². The highest BCUT2D eigenvalue weighted by atomic mass is 32.1. The van der Waals surface area contributed by atoms with Gasteiger partial charge in [-0.3, -0.25) is 9.69 Å². The molecule has 1 saturated heterocycles. The lowest BCUT2D eigenvalue weighted by Gasteiger charge is -2.21. The van der Waals surface area contributed by atoms with Crippen molar-refractivity contribution in [1.29, 1.82) is 0 Å². The zero-order chi connectivity index (χ0) is 17.8. The number of hydrogen-bond acceptors (Lipinski definition) is 5. The van der Waals surface area contributed by atoms with Crippen molar-refractivity contribution in [2.75, 3.05) is 31.2 Å². The monoisotopic (exact) mass is 386 g/mol. The average molecular weight is 387 g/mol. The molecule has 1 fully saturated rings. The lowest BCUT2D eigenvalue weighted by atomic mass is 10.2. The van der Waals surface area contributed by atoms with Crippen LogP contribution in [0.1, 0.15) is 15.2 Å². The number of nitrogens with zero attached hydrogens (tertiary/aromatic N) is 1. The Labute approximate surface area is 160 Å². The Hall–Kier alpha value is -2.22. The summed E-state index contributed by atoms with van der Waals surface area (Å²) in [5, 5.41) is 5.07. The topological polar surface area (TPSA) is 55.7 Å². The Morgan fingerprint density at radius 1 is 1.15 bits per heavy atom. The number of aromatic nitrogens is 1. The van der Waals surface area contributed by atoms with Gasteiger partial charge in [-0.2, -0.15) is 0 Å². The van der Waals surface area contributed by atoms with Gasteiger partial charge >= 0.3 is 0 Å². The molecule has 2 N–H and O–H groups in total. The lowest BCUT2D eigenvalue weighted by Crippen LogP contribution is -2.39. The van der Waals surface area contributed by atoms with Crippen LogP contribution in [0.3, 0.4) is 0 Å². The molecule has 0 aromatic carbocycles. The average Bonchev–Trinajstić information content (AvgIpc) is 3.38. The molecular formula is C19H20N3O2S2+. The lowest BCUT2D eigenvalue weighted by molar-refractivity contribution is -0.364. The number of aromatic amines is 1. The molecule has 0 atom stereocenters. The van der Waals surface area contributed by atoms with Crippen LogP contribution in [0, 0.1) is 0 Å². The number of thiophene rings is 2.